The number of allylic oxidation sites excluding steroid dienone is 2. The smallest absolute Gasteiger partial charge is 0.167 e. The highest BCUT2D eigenvalue weighted by atomic mass is 19.1. The van der Waals surface area contributed by atoms with Gasteiger partial charge in [0.1, 0.15) is 17.2 Å². The van der Waals surface area contributed by atoms with E-state index in [1.807, 2.05) is 18.2 Å². The molecule has 3 unspecified atom stereocenters. The van der Waals surface area contributed by atoms with E-state index in [2.05, 4.69) is 31.6 Å². The fourth-order valence-corrected chi connectivity index (χ4v) is 5.65. The minimum atomic E-state index is -1.71. The normalized spacial score (nSPS) is 26.9. The van der Waals surface area contributed by atoms with E-state index in [-0.39, 0.29) is 17.7 Å². The van der Waals surface area contributed by atoms with Gasteiger partial charge in [-0.15, -0.1) is 6.42 Å². The van der Waals surface area contributed by atoms with E-state index in [9.17, 15) is 14.3 Å². The first-order chi connectivity index (χ1) is 16.2. The van der Waals surface area contributed by atoms with Crippen LogP contribution in [0.15, 0.2) is 58.9 Å². The molecule has 4 nitrogen and oxygen atoms in total. The zero-order valence-electron chi connectivity index (χ0n) is 20.3. The Balaban J connectivity index is 1.59. The molecule has 3 aliphatic rings. The monoisotopic (exact) mass is 463 g/mol. The molecule has 2 heterocycles. The molecule has 0 amide bonds. The van der Waals surface area contributed by atoms with Crippen molar-refractivity contribution in [3.05, 3.63) is 70.3 Å². The number of fused-ring (bicyclic) bond motifs is 2. The van der Waals surface area contributed by atoms with E-state index in [1.165, 1.54) is 12.1 Å². The van der Waals surface area contributed by atoms with Crippen molar-refractivity contribution in [1.82, 2.24) is 4.90 Å². The maximum absolute atomic E-state index is 13.1. The second kappa shape index (κ2) is 9.52. The van der Waals surface area contributed by atoms with Crippen LogP contribution in [0.2, 0.25) is 0 Å². The number of nitrogens with zero attached hydrogens (tertiary/aromatic N) is 1. The molecule has 1 aromatic carbocycles. The molecule has 180 valence electrons. The largest absolute Gasteiger partial charge is 0.487 e. The lowest BCUT2D eigenvalue weighted by Gasteiger charge is -2.50. The number of likely N-dealkylation sites (tertiary alicyclic amines) is 1. The summed E-state index contributed by atoms with van der Waals surface area (Å²) in [6.07, 6.45) is 13.4. The Morgan fingerprint density at radius 3 is 2.76 bits per heavy atom. The van der Waals surface area contributed by atoms with Crippen molar-refractivity contribution in [1.29, 1.82) is 0 Å². The third kappa shape index (κ3) is 4.76. The van der Waals surface area contributed by atoms with Crippen molar-refractivity contribution in [2.75, 3.05) is 19.6 Å². The molecule has 34 heavy (non-hydrogen) atoms. The summed E-state index contributed by atoms with van der Waals surface area (Å²) < 4.78 is 19.6. The summed E-state index contributed by atoms with van der Waals surface area (Å²) in [6, 6.07) is 6.59. The van der Waals surface area contributed by atoms with Gasteiger partial charge in [0.15, 0.2) is 11.9 Å². The lowest BCUT2D eigenvalue weighted by atomic mass is 9.69. The van der Waals surface area contributed by atoms with Gasteiger partial charge < -0.3 is 9.84 Å². The van der Waals surface area contributed by atoms with Gasteiger partial charge in [0.25, 0.3) is 0 Å². The standard InChI is InChI=1S/C29H34FNO3/c1-5-14-31-15-13-25-24(18-31)27-26(34-28(25,3)4)16-22(17-29(27,33)19-32)20(2)7-6-8-21-9-11-23(30)12-10-21/h1,9-12,16-17,19-20,25,33H,6-8,13-15,18H2,2-4H3. The van der Waals surface area contributed by atoms with Crippen LogP contribution in [0.4, 0.5) is 4.39 Å². The predicted octanol–water partition coefficient (Wildman–Crippen LogP) is 4.60. The van der Waals surface area contributed by atoms with Gasteiger partial charge in [-0.2, -0.15) is 0 Å². The van der Waals surface area contributed by atoms with E-state index < -0.39 is 11.2 Å². The summed E-state index contributed by atoms with van der Waals surface area (Å²) in [6.45, 7) is 8.29. The number of aryl methyl sites for hydroxylation is 1. The van der Waals surface area contributed by atoms with Gasteiger partial charge in [-0.1, -0.05) is 25.0 Å². The summed E-state index contributed by atoms with van der Waals surface area (Å²) in [4.78, 5) is 14.5. The minimum absolute atomic E-state index is 0.114. The Morgan fingerprint density at radius 1 is 1.35 bits per heavy atom. The number of piperidine rings is 1. The van der Waals surface area contributed by atoms with Gasteiger partial charge >= 0.3 is 0 Å². The second-order valence-electron chi connectivity index (χ2n) is 10.4. The van der Waals surface area contributed by atoms with Crippen LogP contribution in [0.25, 0.3) is 0 Å². The highest BCUT2D eigenvalue weighted by Gasteiger charge is 2.50. The summed E-state index contributed by atoms with van der Waals surface area (Å²) in [5.41, 5.74) is 1.49. The minimum Gasteiger partial charge on any atom is -0.487 e. The maximum atomic E-state index is 13.1. The Morgan fingerprint density at radius 2 is 2.09 bits per heavy atom. The molecule has 1 aliphatic carbocycles. The molecule has 0 bridgehead atoms. The van der Waals surface area contributed by atoms with Crippen LogP contribution in [0.3, 0.4) is 0 Å². The summed E-state index contributed by atoms with van der Waals surface area (Å²) in [7, 11) is 0. The van der Waals surface area contributed by atoms with E-state index in [4.69, 9.17) is 11.2 Å². The van der Waals surface area contributed by atoms with E-state index >= 15 is 0 Å². The summed E-state index contributed by atoms with van der Waals surface area (Å²) in [5.74, 6) is 3.31. The SMILES string of the molecule is C#CCN1CCC2C(=C3C(=CC(C(C)CCCc4ccc(F)cc4)=CC3(O)C=O)OC2(C)C)C1. The zero-order valence-corrected chi connectivity index (χ0v) is 20.3. The third-order valence-electron chi connectivity index (χ3n) is 7.49. The first-order valence-corrected chi connectivity index (χ1v) is 12.1. The third-order valence-corrected chi connectivity index (χ3v) is 7.49. The van der Waals surface area contributed by atoms with Gasteiger partial charge in [-0.25, -0.2) is 4.39 Å². The number of carbonyl (C=O) groups is 1. The lowest BCUT2D eigenvalue weighted by molar-refractivity contribution is -0.119. The fourth-order valence-electron chi connectivity index (χ4n) is 5.65. The Bertz CT molecular complexity index is 1080. The molecule has 0 saturated carbocycles. The Kier molecular flexibility index (Phi) is 6.85. The lowest BCUT2D eigenvalue weighted by Crippen LogP contribution is -2.52. The number of rotatable bonds is 7. The van der Waals surface area contributed by atoms with Crippen LogP contribution < -0.4 is 0 Å². The topological polar surface area (TPSA) is 49.8 Å². The number of ether oxygens (including phenoxy) is 1. The average molecular weight is 464 g/mol. The van der Waals surface area contributed by atoms with Gasteiger partial charge in [-0.3, -0.25) is 9.69 Å². The molecular formula is C29H34FNO3. The van der Waals surface area contributed by atoms with Gasteiger partial charge in [0, 0.05) is 24.6 Å². The fraction of sp³-hybridized carbons (Fsp3) is 0.483. The number of hydrogen-bond acceptors (Lipinski definition) is 4. The Labute approximate surface area is 202 Å². The van der Waals surface area contributed by atoms with Crippen molar-refractivity contribution in [3.63, 3.8) is 0 Å². The van der Waals surface area contributed by atoms with E-state index in [0.717, 1.165) is 48.9 Å². The van der Waals surface area contributed by atoms with Crippen LogP contribution >= 0.6 is 0 Å². The Hall–Kier alpha value is -2.68. The number of aldehydes is 1. The molecule has 0 aromatic heterocycles. The summed E-state index contributed by atoms with van der Waals surface area (Å²) in [5, 5.41) is 11.5. The van der Waals surface area contributed by atoms with Crippen LogP contribution in [-0.4, -0.2) is 47.1 Å². The van der Waals surface area contributed by atoms with Crippen LogP contribution in [0.1, 0.15) is 45.6 Å². The molecule has 3 atom stereocenters. The van der Waals surface area contributed by atoms with Gasteiger partial charge in [0.2, 0.25) is 0 Å². The van der Waals surface area contributed by atoms with Crippen LogP contribution in [-0.2, 0) is 16.0 Å². The molecule has 5 heteroatoms. The van der Waals surface area contributed by atoms with Crippen molar-refractivity contribution >= 4 is 6.29 Å². The van der Waals surface area contributed by atoms with Crippen LogP contribution in [0, 0.1) is 30.0 Å². The highest BCUT2D eigenvalue weighted by molar-refractivity contribution is 5.78. The van der Waals surface area contributed by atoms with Crippen LogP contribution in [0.5, 0.6) is 0 Å². The zero-order chi connectivity index (χ0) is 24.5. The average Bonchev–Trinajstić information content (AvgIpc) is 2.79. The highest BCUT2D eigenvalue weighted by Crippen LogP contribution is 2.49. The number of terminal acetylenes is 1. The molecule has 1 N–H and O–H groups in total. The van der Waals surface area contributed by atoms with Crippen molar-refractivity contribution < 1.29 is 19.0 Å². The summed E-state index contributed by atoms with van der Waals surface area (Å²) >= 11 is 0. The van der Waals surface area contributed by atoms with Gasteiger partial charge in [-0.05, 0) is 86.4 Å². The van der Waals surface area contributed by atoms with Crippen molar-refractivity contribution in [3.8, 4) is 12.3 Å². The molecule has 0 radical (unpaired) electrons. The molecule has 1 aromatic rings. The first-order valence-electron chi connectivity index (χ1n) is 12.1. The quantitative estimate of drug-likeness (QED) is 0.474. The number of carbonyl (C=O) groups excluding carboxylic acids is 1. The molecule has 1 saturated heterocycles. The van der Waals surface area contributed by atoms with E-state index in [0.29, 0.717) is 30.7 Å². The molecule has 2 aliphatic heterocycles. The van der Waals surface area contributed by atoms with Gasteiger partial charge in [0.05, 0.1) is 6.54 Å². The molecule has 0 spiro atoms. The van der Waals surface area contributed by atoms with E-state index in [1.54, 1.807) is 6.08 Å². The number of benzene rings is 1. The predicted molar refractivity (Wildman–Crippen MR) is 131 cm³/mol. The molecule has 4 rings (SSSR count). The van der Waals surface area contributed by atoms with Crippen molar-refractivity contribution in [2.24, 2.45) is 11.8 Å². The first kappa shape index (κ1) is 24.4. The second-order valence-corrected chi connectivity index (χ2v) is 10.4. The number of aliphatic hydroxyl groups is 1. The number of hydrogen-bond donors (Lipinski definition) is 1. The van der Waals surface area contributed by atoms with Crippen molar-refractivity contribution in [2.45, 2.75) is 57.7 Å². The number of halogens is 1. The maximum Gasteiger partial charge on any atom is 0.167 e. The molecular weight excluding hydrogens is 429 g/mol. The molecule has 1 fully saturated rings.